The van der Waals surface area contributed by atoms with Gasteiger partial charge in [0.1, 0.15) is 5.70 Å². The minimum Gasteiger partial charge on any atom is -0.466 e. The van der Waals surface area contributed by atoms with Gasteiger partial charge in [-0.3, -0.25) is 4.79 Å². The third-order valence-corrected chi connectivity index (χ3v) is 4.36. The number of aromatic nitrogens is 2. The van der Waals surface area contributed by atoms with Crippen LogP contribution >= 0.6 is 0 Å². The topological polar surface area (TPSA) is 96.7 Å². The Bertz CT molecular complexity index is 916. The Morgan fingerprint density at radius 3 is 2.70 bits per heavy atom. The number of aliphatic hydroxyl groups is 1. The summed E-state index contributed by atoms with van der Waals surface area (Å²) in [6.07, 6.45) is 0. The molecule has 0 fully saturated rings. The van der Waals surface area contributed by atoms with Gasteiger partial charge in [-0.15, -0.1) is 0 Å². The number of anilines is 1. The van der Waals surface area contributed by atoms with Crippen LogP contribution < -0.4 is 5.32 Å². The number of rotatable bonds is 6. The first-order chi connectivity index (χ1) is 13.0. The number of β-amino-alcohol motifs (C(OH)–C–C–N with tert-alkyl or cyclic N) is 1. The van der Waals surface area contributed by atoms with Gasteiger partial charge in [-0.1, -0.05) is 12.1 Å². The van der Waals surface area contributed by atoms with Crippen molar-refractivity contribution >= 4 is 17.6 Å². The van der Waals surface area contributed by atoms with Gasteiger partial charge < -0.3 is 20.1 Å². The molecule has 8 heteroatoms. The van der Waals surface area contributed by atoms with Crippen LogP contribution in [-0.4, -0.2) is 58.5 Å². The number of nitrogens with zero attached hydrogens (tertiary/aromatic N) is 3. The number of carbonyl (C=O) groups is 2. The lowest BCUT2D eigenvalue weighted by atomic mass is 10.2. The highest BCUT2D eigenvalue weighted by Crippen LogP contribution is 2.27. The molecule has 0 atom stereocenters. The number of methoxy groups -OCH3 is 1. The molecule has 0 saturated carbocycles. The second kappa shape index (κ2) is 7.63. The van der Waals surface area contributed by atoms with Crippen molar-refractivity contribution in [3.8, 4) is 5.69 Å². The van der Waals surface area contributed by atoms with E-state index in [0.29, 0.717) is 5.69 Å². The Labute approximate surface area is 157 Å². The fourth-order valence-electron chi connectivity index (χ4n) is 3.12. The predicted octanol–water partition coefficient (Wildman–Crippen LogP) is 1.16. The summed E-state index contributed by atoms with van der Waals surface area (Å²) in [5.41, 5.74) is 3.61. The molecule has 0 spiro atoms. The van der Waals surface area contributed by atoms with E-state index in [-0.39, 0.29) is 36.9 Å². The van der Waals surface area contributed by atoms with Crippen LogP contribution in [0.4, 0.5) is 5.69 Å². The molecule has 2 aromatic rings. The lowest BCUT2D eigenvalue weighted by Crippen LogP contribution is -2.31. The molecule has 27 heavy (non-hydrogen) atoms. The maximum Gasteiger partial charge on any atom is 0.337 e. The van der Waals surface area contributed by atoms with Gasteiger partial charge in [0.2, 0.25) is 0 Å². The van der Waals surface area contributed by atoms with Crippen molar-refractivity contribution in [2.24, 2.45) is 0 Å². The number of nitrogens with one attached hydrogen (secondary N) is 1. The van der Waals surface area contributed by atoms with Gasteiger partial charge in [0.15, 0.2) is 0 Å². The fourth-order valence-corrected chi connectivity index (χ4v) is 3.12. The Morgan fingerprint density at radius 1 is 1.33 bits per heavy atom. The van der Waals surface area contributed by atoms with Crippen molar-refractivity contribution in [3.05, 3.63) is 53.0 Å². The standard InChI is InChI=1S/C19H22N4O4/c1-12-10-13(2)23(21-12)16-7-5-4-6-15(16)20-17-14(19(26)27-3)11-22(8-9-24)18(17)25/h4-7,10,20,24H,8-9,11H2,1-3H3. The fraction of sp³-hybridized carbons (Fsp3) is 0.316. The quantitative estimate of drug-likeness (QED) is 0.741. The number of carbonyl (C=O) groups excluding carboxylic acids is 2. The predicted molar refractivity (Wildman–Crippen MR) is 99.4 cm³/mol. The summed E-state index contributed by atoms with van der Waals surface area (Å²) in [6.45, 7) is 3.90. The van der Waals surface area contributed by atoms with E-state index in [1.54, 1.807) is 4.68 Å². The number of aryl methyl sites for hydroxylation is 2. The van der Waals surface area contributed by atoms with Gasteiger partial charge >= 0.3 is 5.97 Å². The zero-order chi connectivity index (χ0) is 19.6. The zero-order valence-electron chi connectivity index (χ0n) is 15.5. The normalized spacial score (nSPS) is 14.1. The van der Waals surface area contributed by atoms with Gasteiger partial charge in [0.05, 0.1) is 42.9 Å². The lowest BCUT2D eigenvalue weighted by Gasteiger charge is -2.16. The van der Waals surface area contributed by atoms with E-state index in [2.05, 4.69) is 10.4 Å². The highest BCUT2D eigenvalue weighted by atomic mass is 16.5. The third-order valence-electron chi connectivity index (χ3n) is 4.36. The molecular formula is C19H22N4O4. The molecule has 8 nitrogen and oxygen atoms in total. The minimum absolute atomic E-state index is 0.0937. The Balaban J connectivity index is 2.02. The smallest absolute Gasteiger partial charge is 0.337 e. The van der Waals surface area contributed by atoms with E-state index in [4.69, 9.17) is 9.84 Å². The Morgan fingerprint density at radius 2 is 2.07 bits per heavy atom. The van der Waals surface area contributed by atoms with E-state index in [0.717, 1.165) is 17.1 Å². The van der Waals surface area contributed by atoms with Crippen molar-refractivity contribution in [1.29, 1.82) is 0 Å². The maximum atomic E-state index is 12.7. The van der Waals surface area contributed by atoms with E-state index < -0.39 is 5.97 Å². The van der Waals surface area contributed by atoms with Crippen molar-refractivity contribution in [3.63, 3.8) is 0 Å². The van der Waals surface area contributed by atoms with Gasteiger partial charge in [-0.2, -0.15) is 5.10 Å². The van der Waals surface area contributed by atoms with Crippen LogP contribution in [0.15, 0.2) is 41.6 Å². The third kappa shape index (κ3) is 3.56. The van der Waals surface area contributed by atoms with Crippen LogP contribution in [0.25, 0.3) is 5.69 Å². The molecule has 0 radical (unpaired) electrons. The number of benzene rings is 1. The molecular weight excluding hydrogens is 348 g/mol. The minimum atomic E-state index is -0.574. The van der Waals surface area contributed by atoms with Gasteiger partial charge in [-0.25, -0.2) is 9.48 Å². The van der Waals surface area contributed by atoms with Crippen LogP contribution in [0.5, 0.6) is 0 Å². The number of esters is 1. The SMILES string of the molecule is COC(=O)C1=C(Nc2ccccc2-n2nc(C)cc2C)C(=O)N(CCO)C1. The summed E-state index contributed by atoms with van der Waals surface area (Å²) in [6, 6.07) is 9.36. The Kier molecular flexibility index (Phi) is 5.27. The number of ether oxygens (including phenoxy) is 1. The largest absolute Gasteiger partial charge is 0.466 e. The van der Waals surface area contributed by atoms with Crippen LogP contribution in [0, 0.1) is 13.8 Å². The Hall–Kier alpha value is -3.13. The number of aliphatic hydroxyl groups excluding tert-OH is 1. The van der Waals surface area contributed by atoms with E-state index in [9.17, 15) is 9.59 Å². The van der Waals surface area contributed by atoms with Crippen LogP contribution in [0.1, 0.15) is 11.4 Å². The highest BCUT2D eigenvalue weighted by molar-refractivity contribution is 6.08. The molecule has 2 heterocycles. The number of amides is 1. The van der Waals surface area contributed by atoms with Gasteiger partial charge in [-0.05, 0) is 32.0 Å². The molecule has 0 saturated heterocycles. The second-order valence-corrected chi connectivity index (χ2v) is 6.28. The molecule has 0 unspecified atom stereocenters. The monoisotopic (exact) mass is 370 g/mol. The summed E-state index contributed by atoms with van der Waals surface area (Å²) in [5.74, 6) is -0.928. The molecule has 0 aliphatic carbocycles. The molecule has 1 aromatic carbocycles. The number of hydrogen-bond donors (Lipinski definition) is 2. The number of para-hydroxylation sites is 2. The van der Waals surface area contributed by atoms with Gasteiger partial charge in [0.25, 0.3) is 5.91 Å². The highest BCUT2D eigenvalue weighted by Gasteiger charge is 2.34. The summed E-state index contributed by atoms with van der Waals surface area (Å²) in [7, 11) is 1.27. The second-order valence-electron chi connectivity index (χ2n) is 6.28. The van der Waals surface area contributed by atoms with Crippen molar-refractivity contribution in [2.45, 2.75) is 13.8 Å². The van der Waals surface area contributed by atoms with Crippen molar-refractivity contribution in [2.75, 3.05) is 32.1 Å². The van der Waals surface area contributed by atoms with Crippen molar-refractivity contribution in [1.82, 2.24) is 14.7 Å². The lowest BCUT2D eigenvalue weighted by molar-refractivity contribution is -0.136. The molecule has 1 aromatic heterocycles. The molecule has 142 valence electrons. The molecule has 1 amide bonds. The summed E-state index contributed by atoms with van der Waals surface area (Å²) < 4.78 is 6.60. The first-order valence-corrected chi connectivity index (χ1v) is 8.57. The van der Waals surface area contributed by atoms with E-state index in [1.807, 2.05) is 44.2 Å². The van der Waals surface area contributed by atoms with E-state index >= 15 is 0 Å². The molecule has 3 rings (SSSR count). The first-order valence-electron chi connectivity index (χ1n) is 8.57. The summed E-state index contributed by atoms with van der Waals surface area (Å²) >= 11 is 0. The maximum absolute atomic E-state index is 12.7. The van der Waals surface area contributed by atoms with E-state index in [1.165, 1.54) is 12.0 Å². The molecule has 1 aliphatic rings. The van der Waals surface area contributed by atoms with Crippen LogP contribution in [-0.2, 0) is 14.3 Å². The average molecular weight is 370 g/mol. The summed E-state index contributed by atoms with van der Waals surface area (Å²) in [4.78, 5) is 26.3. The molecule has 0 bridgehead atoms. The summed E-state index contributed by atoms with van der Waals surface area (Å²) in [5, 5.41) is 16.8. The molecule has 2 N–H and O–H groups in total. The van der Waals surface area contributed by atoms with Crippen LogP contribution in [0.2, 0.25) is 0 Å². The van der Waals surface area contributed by atoms with Crippen LogP contribution in [0.3, 0.4) is 0 Å². The molecule has 1 aliphatic heterocycles. The zero-order valence-corrected chi connectivity index (χ0v) is 15.5. The van der Waals surface area contributed by atoms with Gasteiger partial charge in [0, 0.05) is 12.2 Å². The van der Waals surface area contributed by atoms with Crippen molar-refractivity contribution < 1.29 is 19.4 Å². The number of hydrogen-bond acceptors (Lipinski definition) is 6. The first kappa shape index (κ1) is 18.7. The average Bonchev–Trinajstić information content (AvgIpc) is 3.15.